The molecule has 1 nitrogen and oxygen atoms in total. The SMILES string of the molecule is CNCC1(Cc2ccsc2)CC2CC2C1. The molecule has 0 bridgehead atoms. The Morgan fingerprint density at radius 2 is 2.27 bits per heavy atom. The highest BCUT2D eigenvalue weighted by atomic mass is 32.1. The number of hydrogen-bond acceptors (Lipinski definition) is 2. The van der Waals surface area contributed by atoms with Crippen LogP contribution in [0.1, 0.15) is 24.8 Å². The Kier molecular flexibility index (Phi) is 2.37. The van der Waals surface area contributed by atoms with Gasteiger partial charge in [-0.25, -0.2) is 0 Å². The second-order valence-corrected chi connectivity index (χ2v) is 6.28. The van der Waals surface area contributed by atoms with Gasteiger partial charge in [-0.2, -0.15) is 11.3 Å². The van der Waals surface area contributed by atoms with E-state index in [0.29, 0.717) is 5.41 Å². The summed E-state index contributed by atoms with van der Waals surface area (Å²) in [5, 5.41) is 7.93. The van der Waals surface area contributed by atoms with Gasteiger partial charge in [-0.3, -0.25) is 0 Å². The lowest BCUT2D eigenvalue weighted by Crippen LogP contribution is -2.33. The summed E-state index contributed by atoms with van der Waals surface area (Å²) in [5.41, 5.74) is 2.14. The summed E-state index contributed by atoms with van der Waals surface area (Å²) >= 11 is 1.83. The Morgan fingerprint density at radius 3 is 2.87 bits per heavy atom. The first kappa shape index (κ1) is 9.86. The smallest absolute Gasteiger partial charge is 0.000821 e. The predicted molar refractivity (Wildman–Crippen MR) is 65.2 cm³/mol. The molecule has 2 saturated carbocycles. The van der Waals surface area contributed by atoms with Crippen LogP contribution in [0.25, 0.3) is 0 Å². The van der Waals surface area contributed by atoms with Gasteiger partial charge in [-0.1, -0.05) is 0 Å². The van der Waals surface area contributed by atoms with Crippen LogP contribution < -0.4 is 5.32 Å². The van der Waals surface area contributed by atoms with Gasteiger partial charge in [0, 0.05) is 6.54 Å². The summed E-state index contributed by atoms with van der Waals surface area (Å²) in [4.78, 5) is 0. The summed E-state index contributed by atoms with van der Waals surface area (Å²) in [5.74, 6) is 2.16. The molecule has 0 aliphatic heterocycles. The lowest BCUT2D eigenvalue weighted by atomic mass is 9.78. The summed E-state index contributed by atoms with van der Waals surface area (Å²) in [6, 6.07) is 2.30. The second kappa shape index (κ2) is 3.60. The molecule has 82 valence electrons. The molecule has 1 N–H and O–H groups in total. The molecule has 0 aromatic carbocycles. The quantitative estimate of drug-likeness (QED) is 0.824. The van der Waals surface area contributed by atoms with E-state index in [0.717, 1.165) is 11.8 Å². The van der Waals surface area contributed by atoms with Gasteiger partial charge < -0.3 is 5.32 Å². The lowest BCUT2D eigenvalue weighted by Gasteiger charge is -2.30. The molecule has 2 aliphatic carbocycles. The lowest BCUT2D eigenvalue weighted by molar-refractivity contribution is 0.255. The second-order valence-electron chi connectivity index (χ2n) is 5.50. The Balaban J connectivity index is 1.73. The first-order chi connectivity index (χ1) is 7.31. The molecule has 1 aromatic rings. The molecule has 2 unspecified atom stereocenters. The third kappa shape index (κ3) is 1.85. The standard InChI is InChI=1S/C13H19NS/c1-14-9-13(5-10-2-3-15-8-10)6-11-4-12(11)7-13/h2-3,8,11-12,14H,4-7,9H2,1H3. The van der Waals surface area contributed by atoms with E-state index in [1.54, 1.807) is 5.56 Å². The highest BCUT2D eigenvalue weighted by Crippen LogP contribution is 2.60. The zero-order chi connectivity index (χ0) is 10.3. The van der Waals surface area contributed by atoms with Crippen LogP contribution in [0.2, 0.25) is 0 Å². The van der Waals surface area contributed by atoms with Crippen molar-refractivity contribution >= 4 is 11.3 Å². The van der Waals surface area contributed by atoms with E-state index in [4.69, 9.17) is 0 Å². The predicted octanol–water partition coefficient (Wildman–Crippen LogP) is 2.93. The van der Waals surface area contributed by atoms with Crippen molar-refractivity contribution in [1.82, 2.24) is 5.32 Å². The summed E-state index contributed by atoms with van der Waals surface area (Å²) in [6.07, 6.45) is 5.75. The van der Waals surface area contributed by atoms with Crippen molar-refractivity contribution in [2.75, 3.05) is 13.6 Å². The van der Waals surface area contributed by atoms with Crippen LogP contribution in [0.5, 0.6) is 0 Å². The van der Waals surface area contributed by atoms with Crippen molar-refractivity contribution < 1.29 is 0 Å². The fraction of sp³-hybridized carbons (Fsp3) is 0.692. The van der Waals surface area contributed by atoms with E-state index in [-0.39, 0.29) is 0 Å². The number of thiophene rings is 1. The van der Waals surface area contributed by atoms with Crippen molar-refractivity contribution in [1.29, 1.82) is 0 Å². The fourth-order valence-electron chi connectivity index (χ4n) is 3.56. The van der Waals surface area contributed by atoms with Gasteiger partial charge in [-0.15, -0.1) is 0 Å². The molecule has 0 saturated heterocycles. The van der Waals surface area contributed by atoms with E-state index in [2.05, 4.69) is 29.2 Å². The number of rotatable bonds is 4. The number of hydrogen-bond donors (Lipinski definition) is 1. The van der Waals surface area contributed by atoms with Crippen LogP contribution in [-0.2, 0) is 6.42 Å². The minimum atomic E-state index is 0.587. The van der Waals surface area contributed by atoms with E-state index in [1.165, 1.54) is 32.2 Å². The highest BCUT2D eigenvalue weighted by molar-refractivity contribution is 7.07. The molecule has 2 atom stereocenters. The molecule has 1 aromatic heterocycles. The zero-order valence-corrected chi connectivity index (χ0v) is 10.1. The minimum absolute atomic E-state index is 0.587. The first-order valence-electron chi connectivity index (χ1n) is 5.97. The Morgan fingerprint density at radius 1 is 1.47 bits per heavy atom. The van der Waals surface area contributed by atoms with Crippen LogP contribution in [-0.4, -0.2) is 13.6 Å². The molecule has 2 aliphatic rings. The zero-order valence-electron chi connectivity index (χ0n) is 9.33. The largest absolute Gasteiger partial charge is 0.319 e. The topological polar surface area (TPSA) is 12.0 Å². The average Bonchev–Trinajstić information content (AvgIpc) is 2.67. The van der Waals surface area contributed by atoms with Crippen molar-refractivity contribution in [3.63, 3.8) is 0 Å². The number of fused-ring (bicyclic) bond motifs is 1. The molecular weight excluding hydrogens is 202 g/mol. The normalized spacial score (nSPS) is 37.9. The van der Waals surface area contributed by atoms with Crippen molar-refractivity contribution in [2.24, 2.45) is 17.3 Å². The van der Waals surface area contributed by atoms with Gasteiger partial charge in [-0.05, 0) is 72.4 Å². The molecule has 0 amide bonds. The monoisotopic (exact) mass is 221 g/mol. The van der Waals surface area contributed by atoms with Gasteiger partial charge in [0.2, 0.25) is 0 Å². The van der Waals surface area contributed by atoms with Gasteiger partial charge in [0.25, 0.3) is 0 Å². The third-order valence-corrected chi connectivity index (χ3v) is 4.90. The fourth-order valence-corrected chi connectivity index (χ4v) is 4.23. The van der Waals surface area contributed by atoms with Crippen molar-refractivity contribution in [3.05, 3.63) is 22.4 Å². The molecule has 3 rings (SSSR count). The number of nitrogens with one attached hydrogen (secondary N) is 1. The molecular formula is C13H19NS. The first-order valence-corrected chi connectivity index (χ1v) is 6.91. The van der Waals surface area contributed by atoms with E-state index < -0.39 is 0 Å². The van der Waals surface area contributed by atoms with Gasteiger partial charge in [0.1, 0.15) is 0 Å². The summed E-state index contributed by atoms with van der Waals surface area (Å²) < 4.78 is 0. The molecule has 0 radical (unpaired) electrons. The Bertz CT molecular complexity index is 320. The molecule has 0 spiro atoms. The van der Waals surface area contributed by atoms with Crippen LogP contribution in [0.4, 0.5) is 0 Å². The minimum Gasteiger partial charge on any atom is -0.319 e. The molecule has 2 heteroatoms. The van der Waals surface area contributed by atoms with Crippen molar-refractivity contribution in [3.8, 4) is 0 Å². The van der Waals surface area contributed by atoms with Crippen LogP contribution in [0, 0.1) is 17.3 Å². The molecule has 2 fully saturated rings. The van der Waals surface area contributed by atoms with E-state index in [1.807, 2.05) is 11.3 Å². The Hall–Kier alpha value is -0.340. The maximum absolute atomic E-state index is 3.41. The van der Waals surface area contributed by atoms with Gasteiger partial charge in [0.15, 0.2) is 0 Å². The Labute approximate surface area is 95.9 Å². The maximum Gasteiger partial charge on any atom is 0.000821 e. The average molecular weight is 221 g/mol. The maximum atomic E-state index is 3.41. The van der Waals surface area contributed by atoms with Crippen LogP contribution in [0.15, 0.2) is 16.8 Å². The third-order valence-electron chi connectivity index (χ3n) is 4.17. The van der Waals surface area contributed by atoms with E-state index in [9.17, 15) is 0 Å². The summed E-state index contributed by atoms with van der Waals surface area (Å²) in [7, 11) is 2.10. The van der Waals surface area contributed by atoms with Gasteiger partial charge in [0.05, 0.1) is 0 Å². The van der Waals surface area contributed by atoms with Crippen molar-refractivity contribution in [2.45, 2.75) is 25.7 Å². The summed E-state index contributed by atoms with van der Waals surface area (Å²) in [6.45, 7) is 1.20. The molecule has 1 heterocycles. The van der Waals surface area contributed by atoms with Crippen LogP contribution in [0.3, 0.4) is 0 Å². The van der Waals surface area contributed by atoms with Gasteiger partial charge >= 0.3 is 0 Å². The van der Waals surface area contributed by atoms with Crippen LogP contribution >= 0.6 is 11.3 Å². The highest BCUT2D eigenvalue weighted by Gasteiger charge is 2.53. The van der Waals surface area contributed by atoms with E-state index >= 15 is 0 Å². The molecule has 15 heavy (non-hydrogen) atoms.